The summed E-state index contributed by atoms with van der Waals surface area (Å²) < 4.78 is 76.9. The van der Waals surface area contributed by atoms with Gasteiger partial charge in [0.25, 0.3) is 5.91 Å². The summed E-state index contributed by atoms with van der Waals surface area (Å²) in [6.45, 7) is 4.83. The van der Waals surface area contributed by atoms with Crippen LogP contribution in [-0.4, -0.2) is 106 Å². The number of hydrogen-bond acceptors (Lipinski definition) is 7. The third-order valence-electron chi connectivity index (χ3n) is 14.3. The van der Waals surface area contributed by atoms with E-state index in [1.165, 1.54) is 19.0 Å². The van der Waals surface area contributed by atoms with Gasteiger partial charge >= 0.3 is 16.4 Å². The van der Waals surface area contributed by atoms with E-state index in [-0.39, 0.29) is 34.8 Å². The van der Waals surface area contributed by atoms with Crippen LogP contribution >= 0.6 is 0 Å². The van der Waals surface area contributed by atoms with Crippen molar-refractivity contribution >= 4 is 39.6 Å². The van der Waals surface area contributed by atoms with E-state index >= 15 is 4.79 Å². The molecule has 0 spiro atoms. The lowest BCUT2D eigenvalue weighted by atomic mass is 9.53. The van der Waals surface area contributed by atoms with E-state index in [1.54, 1.807) is 19.2 Å². The molecule has 4 atom stereocenters. The Kier molecular flexibility index (Phi) is 8.02. The Bertz CT molecular complexity index is 2250. The van der Waals surface area contributed by atoms with Crippen LogP contribution in [-0.2, 0) is 27.1 Å². The molecule has 0 bridgehead atoms. The van der Waals surface area contributed by atoms with Crippen molar-refractivity contribution in [3.63, 3.8) is 0 Å². The number of alkyl halides is 3. The minimum Gasteiger partial charge on any atom is -0.497 e. The number of fused-ring (bicyclic) bond motifs is 7. The smallest absolute Gasteiger partial charge is 0.401 e. The van der Waals surface area contributed by atoms with E-state index in [0.29, 0.717) is 38.3 Å². The summed E-state index contributed by atoms with van der Waals surface area (Å²) in [5, 5.41) is 0.953. The van der Waals surface area contributed by atoms with Crippen molar-refractivity contribution in [2.24, 2.45) is 21.2 Å². The number of nitrogens with zero attached hydrogens (tertiary/aromatic N) is 5. The summed E-state index contributed by atoms with van der Waals surface area (Å²) in [7, 11) is 0.229. The monoisotopic (exact) mass is 780 g/mol. The average molecular weight is 781 g/mol. The summed E-state index contributed by atoms with van der Waals surface area (Å²) in [5.74, 6) is -0.000816. The normalized spacial score (nSPS) is 30.1. The van der Waals surface area contributed by atoms with Crippen LogP contribution in [0.25, 0.3) is 22.2 Å². The van der Waals surface area contributed by atoms with Gasteiger partial charge in [-0.05, 0) is 86.2 Å². The number of ether oxygens (including phenoxy) is 1. The third-order valence-corrected chi connectivity index (χ3v) is 15.7. The van der Waals surface area contributed by atoms with Crippen molar-refractivity contribution in [3.8, 4) is 17.0 Å². The SMILES string of the molecule is C=N[C@@]12C[C@]1(C(=O)N1CC34CCC3(CN(CC(F)(F)F)C4)C1)Cn1c(c(C3CCCCC3)c3ccc(C(=O)NS(=O)(=O)N(C)C)cc31)-c1ccc(OC)cc12. The molecule has 2 amide bonds. The molecule has 11 nitrogen and oxygen atoms in total. The molecule has 3 aliphatic heterocycles. The summed E-state index contributed by atoms with van der Waals surface area (Å²) in [5.41, 5.74) is 1.95. The molecule has 4 heterocycles. The van der Waals surface area contributed by atoms with Crippen molar-refractivity contribution in [1.82, 2.24) is 23.4 Å². The first-order valence-corrected chi connectivity index (χ1v) is 20.6. The molecular formula is C40H47F3N6O5S. The van der Waals surface area contributed by atoms with E-state index in [0.717, 1.165) is 82.5 Å². The highest BCUT2D eigenvalue weighted by Gasteiger charge is 2.78. The van der Waals surface area contributed by atoms with Gasteiger partial charge in [-0.2, -0.15) is 25.9 Å². The van der Waals surface area contributed by atoms with Crippen LogP contribution in [0.2, 0.25) is 0 Å². The van der Waals surface area contributed by atoms with Crippen LogP contribution < -0.4 is 9.46 Å². The molecule has 3 aliphatic carbocycles. The molecule has 5 fully saturated rings. The fourth-order valence-electron chi connectivity index (χ4n) is 11.5. The van der Waals surface area contributed by atoms with Gasteiger partial charge in [-0.3, -0.25) is 19.5 Å². The maximum absolute atomic E-state index is 15.4. The second kappa shape index (κ2) is 12.0. The minimum atomic E-state index is -4.28. The molecule has 1 N–H and O–H groups in total. The van der Waals surface area contributed by atoms with Gasteiger partial charge in [-0.25, -0.2) is 4.72 Å². The van der Waals surface area contributed by atoms with Gasteiger partial charge in [0.1, 0.15) is 11.3 Å². The molecule has 6 aliphatic rings. The highest BCUT2D eigenvalue weighted by Crippen LogP contribution is 2.73. The van der Waals surface area contributed by atoms with Crippen molar-refractivity contribution in [1.29, 1.82) is 0 Å². The van der Waals surface area contributed by atoms with E-state index in [4.69, 9.17) is 9.73 Å². The van der Waals surface area contributed by atoms with Crippen molar-refractivity contribution in [2.75, 3.05) is 53.9 Å². The van der Waals surface area contributed by atoms with E-state index in [1.807, 2.05) is 29.2 Å². The number of methoxy groups -OCH3 is 1. The van der Waals surface area contributed by atoms with Gasteiger partial charge in [0.2, 0.25) is 5.91 Å². The number of likely N-dealkylation sites (tertiary alicyclic amines) is 2. The first-order chi connectivity index (χ1) is 26.0. The minimum absolute atomic E-state index is 0.0778. The van der Waals surface area contributed by atoms with Gasteiger partial charge in [0, 0.05) is 79.7 Å². The number of hydrogen-bond donors (Lipinski definition) is 1. The topological polar surface area (TPSA) is 117 Å². The fourth-order valence-corrected chi connectivity index (χ4v) is 12.0. The standard InChI is InChI=1S/C40H47F3N6O5S/c1-44-39-18-38(39,35(51)48-21-36-14-15-37(36,22-48)20-47(19-36)24-40(41,42)43)23-49-31-16-26(34(50)45-55(52,53)46(2)3)10-12-29(31)32(25-8-6-5-7-9-25)33(49)28-13-11-27(54-4)17-30(28)39/h10-13,16-17,25H,1,5-9,14-15,18-24H2,2-4H3,(H,45,50)/t36?,37?,38-,39-/m1/s1. The molecule has 55 heavy (non-hydrogen) atoms. The molecule has 3 aromatic rings. The zero-order valence-electron chi connectivity index (χ0n) is 31.5. The summed E-state index contributed by atoms with van der Waals surface area (Å²) in [6.07, 6.45) is 2.95. The lowest BCUT2D eigenvalue weighted by molar-refractivity contribution is -0.146. The molecule has 294 valence electrons. The van der Waals surface area contributed by atoms with Crippen LogP contribution in [0.15, 0.2) is 41.4 Å². The van der Waals surface area contributed by atoms with Gasteiger partial charge in [-0.1, -0.05) is 25.3 Å². The Balaban J connectivity index is 1.19. The van der Waals surface area contributed by atoms with Crippen molar-refractivity contribution < 1.29 is 35.9 Å². The summed E-state index contributed by atoms with van der Waals surface area (Å²) >= 11 is 0. The highest BCUT2D eigenvalue weighted by atomic mass is 32.2. The first kappa shape index (κ1) is 36.7. The van der Waals surface area contributed by atoms with Crippen LogP contribution in [0.4, 0.5) is 13.2 Å². The second-order valence-corrected chi connectivity index (χ2v) is 19.2. The van der Waals surface area contributed by atoms with Crippen molar-refractivity contribution in [2.45, 2.75) is 75.5 Å². The van der Waals surface area contributed by atoms with Gasteiger partial charge < -0.3 is 14.2 Å². The molecule has 2 saturated heterocycles. The summed E-state index contributed by atoms with van der Waals surface area (Å²) in [6, 6.07) is 11.2. The number of carbonyl (C=O) groups excluding carboxylic acids is 2. The molecule has 15 heteroatoms. The number of rotatable bonds is 8. The van der Waals surface area contributed by atoms with Crippen LogP contribution in [0.3, 0.4) is 0 Å². The summed E-state index contributed by atoms with van der Waals surface area (Å²) in [4.78, 5) is 37.2. The molecule has 3 saturated carbocycles. The number of amides is 2. The predicted molar refractivity (Wildman–Crippen MR) is 201 cm³/mol. The number of benzene rings is 2. The zero-order chi connectivity index (χ0) is 38.9. The van der Waals surface area contributed by atoms with E-state index in [2.05, 4.69) is 16.0 Å². The molecule has 2 unspecified atom stereocenters. The van der Waals surface area contributed by atoms with Crippen molar-refractivity contribution in [3.05, 3.63) is 53.1 Å². The number of carbonyl (C=O) groups is 2. The number of aliphatic imine (C=N–C) groups is 1. The van der Waals surface area contributed by atoms with E-state index in [9.17, 15) is 26.4 Å². The van der Waals surface area contributed by atoms with Crippen LogP contribution in [0.1, 0.15) is 78.8 Å². The van der Waals surface area contributed by atoms with Gasteiger partial charge in [0.15, 0.2) is 0 Å². The Labute approximate surface area is 319 Å². The zero-order valence-corrected chi connectivity index (χ0v) is 32.3. The molecule has 0 radical (unpaired) electrons. The fraction of sp³-hybridized carbons (Fsp3) is 0.575. The Morgan fingerprint density at radius 2 is 1.69 bits per heavy atom. The maximum Gasteiger partial charge on any atom is 0.401 e. The van der Waals surface area contributed by atoms with Crippen LogP contribution in [0, 0.1) is 16.2 Å². The number of aromatic nitrogens is 1. The Hall–Kier alpha value is -3.95. The average Bonchev–Trinajstić information content (AvgIpc) is 3.59. The largest absolute Gasteiger partial charge is 0.497 e. The number of halogens is 3. The first-order valence-electron chi connectivity index (χ1n) is 19.2. The van der Waals surface area contributed by atoms with Gasteiger partial charge in [-0.15, -0.1) is 0 Å². The highest BCUT2D eigenvalue weighted by molar-refractivity contribution is 7.87. The molecular weight excluding hydrogens is 734 g/mol. The molecule has 1 aromatic heterocycles. The number of nitrogens with one attached hydrogen (secondary N) is 1. The molecule has 2 aromatic carbocycles. The Morgan fingerprint density at radius 3 is 2.29 bits per heavy atom. The van der Waals surface area contributed by atoms with Crippen LogP contribution in [0.5, 0.6) is 5.75 Å². The van der Waals surface area contributed by atoms with Gasteiger partial charge in [0.05, 0.1) is 24.8 Å². The van der Waals surface area contributed by atoms with E-state index < -0.39 is 39.8 Å². The lowest BCUT2D eigenvalue weighted by Gasteiger charge is -2.48. The second-order valence-electron chi connectivity index (χ2n) is 17.3. The third kappa shape index (κ3) is 5.20. The molecule has 9 rings (SSSR count). The lowest BCUT2D eigenvalue weighted by Crippen LogP contribution is -2.49. The maximum atomic E-state index is 15.4. The quantitative estimate of drug-likeness (QED) is 0.294. The Morgan fingerprint density at radius 1 is 1.00 bits per heavy atom. The predicted octanol–water partition coefficient (Wildman–Crippen LogP) is 5.69.